The van der Waals surface area contributed by atoms with Gasteiger partial charge in [-0.05, 0) is 64.2 Å². The number of rotatable bonds is 59. The molecule has 0 radical (unpaired) electrons. The summed E-state index contributed by atoms with van der Waals surface area (Å²) in [5.41, 5.74) is 0. The molecule has 0 aromatic rings. The molecule has 0 aliphatic carbocycles. The van der Waals surface area contributed by atoms with E-state index in [0.717, 1.165) is 44.9 Å². The molecule has 9 nitrogen and oxygen atoms in total. The number of carbonyl (C=O) groups excluding carboxylic acids is 1. The summed E-state index contributed by atoms with van der Waals surface area (Å²) in [6.45, 7) is 3.80. The Morgan fingerprint density at radius 2 is 0.769 bits per heavy atom. The number of amides is 1. The first-order valence-electron chi connectivity index (χ1n) is 33.9. The molecule has 7 unspecified atom stereocenters. The second-order valence-electron chi connectivity index (χ2n) is 23.6. The van der Waals surface area contributed by atoms with Crippen molar-refractivity contribution in [3.05, 3.63) is 48.6 Å². The van der Waals surface area contributed by atoms with E-state index in [1.807, 2.05) is 6.08 Å². The number of aliphatic hydroxyl groups excluding tert-OH is 5. The maximum atomic E-state index is 13.1. The molecule has 1 saturated heterocycles. The van der Waals surface area contributed by atoms with Gasteiger partial charge in [0.25, 0.3) is 0 Å². The Kier molecular flexibility index (Phi) is 55.5. The first-order chi connectivity index (χ1) is 38.3. The van der Waals surface area contributed by atoms with Gasteiger partial charge in [-0.3, -0.25) is 4.79 Å². The van der Waals surface area contributed by atoms with E-state index in [1.54, 1.807) is 6.08 Å². The smallest absolute Gasteiger partial charge is 0.220 e. The Morgan fingerprint density at radius 1 is 0.436 bits per heavy atom. The second-order valence-corrected chi connectivity index (χ2v) is 23.6. The summed E-state index contributed by atoms with van der Waals surface area (Å²) in [7, 11) is 0. The van der Waals surface area contributed by atoms with Crippen LogP contribution >= 0.6 is 0 Å². The van der Waals surface area contributed by atoms with Crippen LogP contribution in [0.4, 0.5) is 0 Å². The fourth-order valence-electron chi connectivity index (χ4n) is 10.8. The number of ether oxygens (including phenoxy) is 2. The Morgan fingerprint density at radius 3 is 1.15 bits per heavy atom. The fourth-order valence-corrected chi connectivity index (χ4v) is 10.8. The standard InChI is InChI=1S/C69H129NO8/c1-3-5-7-9-11-13-15-17-19-21-23-25-27-29-31-33-34-36-38-40-42-44-46-48-50-52-54-56-58-63(72)62(61-77-69-68(76)67(75)66(74)64(60-71)78-69)70-65(73)59-57-55-53-51-49-47-45-43-41-39-37-35-32-30-28-26-24-22-20-18-16-14-12-10-8-6-4-2/h16,18,22,24,48,50,56,58,62-64,66-69,71-72,74-76H,3-15,17,19-21,23,25-47,49,51-55,57,59-61H2,1-2H3,(H,70,73)/b18-16-,24-22-,50-48+,58-56+. The van der Waals surface area contributed by atoms with Crippen LogP contribution in [0.2, 0.25) is 0 Å². The maximum absolute atomic E-state index is 13.1. The van der Waals surface area contributed by atoms with Gasteiger partial charge in [-0.1, -0.05) is 306 Å². The lowest BCUT2D eigenvalue weighted by Crippen LogP contribution is -2.60. The average molecular weight is 1100 g/mol. The van der Waals surface area contributed by atoms with Crippen LogP contribution in [-0.2, 0) is 14.3 Å². The summed E-state index contributed by atoms with van der Waals surface area (Å²) in [6, 6.07) is -0.824. The van der Waals surface area contributed by atoms with Crippen molar-refractivity contribution in [1.29, 1.82) is 0 Å². The molecular weight excluding hydrogens is 971 g/mol. The zero-order valence-corrected chi connectivity index (χ0v) is 51.2. The first-order valence-corrected chi connectivity index (χ1v) is 33.9. The first kappa shape index (κ1) is 74.2. The molecule has 78 heavy (non-hydrogen) atoms. The van der Waals surface area contributed by atoms with Gasteiger partial charge in [0.15, 0.2) is 6.29 Å². The molecule has 7 atom stereocenters. The molecule has 0 aromatic heterocycles. The highest BCUT2D eigenvalue weighted by molar-refractivity contribution is 5.76. The minimum absolute atomic E-state index is 0.183. The molecular formula is C69H129NO8. The van der Waals surface area contributed by atoms with E-state index < -0.39 is 49.5 Å². The van der Waals surface area contributed by atoms with Crippen LogP contribution in [0, 0.1) is 0 Å². The normalized spacial score (nSPS) is 18.9. The minimum Gasteiger partial charge on any atom is -0.394 e. The third-order valence-electron chi connectivity index (χ3n) is 16.1. The lowest BCUT2D eigenvalue weighted by atomic mass is 9.99. The zero-order chi connectivity index (χ0) is 56.5. The van der Waals surface area contributed by atoms with Gasteiger partial charge in [-0.25, -0.2) is 0 Å². The molecule has 458 valence electrons. The average Bonchev–Trinajstić information content (AvgIpc) is 3.45. The van der Waals surface area contributed by atoms with Gasteiger partial charge in [-0.2, -0.15) is 0 Å². The van der Waals surface area contributed by atoms with E-state index in [0.29, 0.717) is 6.42 Å². The number of nitrogens with one attached hydrogen (secondary N) is 1. The molecule has 0 aromatic carbocycles. The number of hydrogen-bond acceptors (Lipinski definition) is 8. The molecule has 1 fully saturated rings. The highest BCUT2D eigenvalue weighted by Crippen LogP contribution is 2.23. The van der Waals surface area contributed by atoms with Crippen LogP contribution in [0.5, 0.6) is 0 Å². The summed E-state index contributed by atoms with van der Waals surface area (Å²) in [6.07, 6.45) is 72.1. The molecule has 1 aliphatic heterocycles. The monoisotopic (exact) mass is 1100 g/mol. The van der Waals surface area contributed by atoms with Crippen molar-refractivity contribution in [2.24, 2.45) is 0 Å². The minimum atomic E-state index is -1.57. The van der Waals surface area contributed by atoms with E-state index >= 15 is 0 Å². The maximum Gasteiger partial charge on any atom is 0.220 e. The summed E-state index contributed by atoms with van der Waals surface area (Å²) >= 11 is 0. The Hall–Kier alpha value is -1.85. The largest absolute Gasteiger partial charge is 0.394 e. The van der Waals surface area contributed by atoms with E-state index in [4.69, 9.17) is 9.47 Å². The predicted octanol–water partition coefficient (Wildman–Crippen LogP) is 18.0. The van der Waals surface area contributed by atoms with Gasteiger partial charge >= 0.3 is 0 Å². The molecule has 1 aliphatic rings. The number of unbranched alkanes of at least 4 members (excludes halogenated alkanes) is 43. The second kappa shape index (κ2) is 58.4. The molecule has 6 N–H and O–H groups in total. The topological polar surface area (TPSA) is 149 Å². The highest BCUT2D eigenvalue weighted by Gasteiger charge is 2.44. The third kappa shape index (κ3) is 46.7. The van der Waals surface area contributed by atoms with Crippen LogP contribution in [0.25, 0.3) is 0 Å². The lowest BCUT2D eigenvalue weighted by Gasteiger charge is -2.40. The van der Waals surface area contributed by atoms with Gasteiger partial charge in [0.05, 0.1) is 25.4 Å². The number of aliphatic hydroxyl groups is 5. The van der Waals surface area contributed by atoms with E-state index in [9.17, 15) is 30.3 Å². The molecule has 1 amide bonds. The van der Waals surface area contributed by atoms with Gasteiger partial charge in [-0.15, -0.1) is 0 Å². The predicted molar refractivity (Wildman–Crippen MR) is 332 cm³/mol. The molecule has 0 bridgehead atoms. The fraction of sp³-hybridized carbons (Fsp3) is 0.870. The van der Waals surface area contributed by atoms with E-state index in [-0.39, 0.29) is 12.5 Å². The van der Waals surface area contributed by atoms with Crippen molar-refractivity contribution in [3.63, 3.8) is 0 Å². The van der Waals surface area contributed by atoms with Crippen molar-refractivity contribution in [2.75, 3.05) is 13.2 Å². The van der Waals surface area contributed by atoms with E-state index in [2.05, 4.69) is 55.6 Å². The van der Waals surface area contributed by atoms with Gasteiger partial charge in [0, 0.05) is 6.42 Å². The summed E-state index contributed by atoms with van der Waals surface area (Å²) in [5, 5.41) is 54.7. The van der Waals surface area contributed by atoms with Crippen LogP contribution in [-0.4, -0.2) is 87.5 Å². The molecule has 0 spiro atoms. The highest BCUT2D eigenvalue weighted by atomic mass is 16.7. The molecule has 1 heterocycles. The Labute approximate surface area is 482 Å². The zero-order valence-electron chi connectivity index (χ0n) is 51.2. The SMILES string of the molecule is CCCCCCC/C=C\C/C=C\CCCCCCCCCCCCCCCCCC(=O)NC(COC1OC(CO)C(O)C(O)C1O)C(O)/C=C/CC/C=C/CCCCCCCCCCCCCCCCCCCCCCCC. The number of allylic oxidation sites excluding steroid dienone is 7. The van der Waals surface area contributed by atoms with E-state index in [1.165, 1.54) is 263 Å². The van der Waals surface area contributed by atoms with Crippen LogP contribution in [0.1, 0.15) is 328 Å². The quantitative estimate of drug-likeness (QED) is 0.0261. The Balaban J connectivity index is 2.17. The van der Waals surface area contributed by atoms with Gasteiger partial charge in [0.2, 0.25) is 5.91 Å². The summed E-state index contributed by atoms with van der Waals surface area (Å²) in [5.74, 6) is -0.183. The third-order valence-corrected chi connectivity index (χ3v) is 16.1. The molecule has 0 saturated carbocycles. The van der Waals surface area contributed by atoms with Crippen LogP contribution in [0.15, 0.2) is 48.6 Å². The van der Waals surface area contributed by atoms with Crippen LogP contribution in [0.3, 0.4) is 0 Å². The number of hydrogen-bond donors (Lipinski definition) is 6. The van der Waals surface area contributed by atoms with Gasteiger partial charge < -0.3 is 40.3 Å². The molecule has 1 rings (SSSR count). The summed E-state index contributed by atoms with van der Waals surface area (Å²) in [4.78, 5) is 13.1. The van der Waals surface area contributed by atoms with Gasteiger partial charge in [0.1, 0.15) is 24.4 Å². The van der Waals surface area contributed by atoms with Crippen LogP contribution < -0.4 is 5.32 Å². The Bertz CT molecular complexity index is 1370. The lowest BCUT2D eigenvalue weighted by molar-refractivity contribution is -0.302. The number of carbonyl (C=O) groups is 1. The van der Waals surface area contributed by atoms with Crippen molar-refractivity contribution in [2.45, 2.75) is 371 Å². The van der Waals surface area contributed by atoms with Crippen molar-refractivity contribution in [3.8, 4) is 0 Å². The van der Waals surface area contributed by atoms with Crippen molar-refractivity contribution < 1.29 is 39.8 Å². The summed E-state index contributed by atoms with van der Waals surface area (Å²) < 4.78 is 11.3. The van der Waals surface area contributed by atoms with Crippen molar-refractivity contribution >= 4 is 5.91 Å². The molecule has 9 heteroatoms. The van der Waals surface area contributed by atoms with Crippen molar-refractivity contribution in [1.82, 2.24) is 5.32 Å².